The van der Waals surface area contributed by atoms with E-state index in [1.165, 1.54) is 22.5 Å². The molecule has 4 aromatic carbocycles. The Kier molecular flexibility index (Phi) is 5.72. The minimum absolute atomic E-state index is 0.307. The Bertz CT molecular complexity index is 1460. The number of hydrogen-bond donors (Lipinski definition) is 0. The Hall–Kier alpha value is -3.09. The van der Waals surface area contributed by atoms with Crippen molar-refractivity contribution in [3.8, 4) is 0 Å². The predicted molar refractivity (Wildman–Crippen MR) is 138 cm³/mol. The van der Waals surface area contributed by atoms with Gasteiger partial charge < -0.3 is 4.90 Å². The molecule has 0 atom stereocenters. The maximum Gasteiger partial charge on any atom is 0.206 e. The summed E-state index contributed by atoms with van der Waals surface area (Å²) in [4.78, 5) is 7.64. The highest BCUT2D eigenvalue weighted by atomic mass is 32.2. The molecule has 6 heteroatoms. The monoisotopic (exact) mass is 471 g/mol. The standard InChI is InChI=1S/C27H23N2O2S2/c1-3-29(25-17-16-24-26-22(25)10-7-11-23(26)27(28-24)32-2)18-19-12-14-21(15-13-19)33(30,31)20-8-5-4-6-9-20/h4-17H,2-3,18H2,1H3. The molecule has 1 radical (unpaired) electrons. The van der Waals surface area contributed by atoms with Crippen LogP contribution in [-0.2, 0) is 16.4 Å². The van der Waals surface area contributed by atoms with Gasteiger partial charge >= 0.3 is 0 Å². The lowest BCUT2D eigenvalue weighted by Crippen LogP contribution is -2.22. The Balaban J connectivity index is 1.45. The van der Waals surface area contributed by atoms with Crippen molar-refractivity contribution < 1.29 is 8.42 Å². The normalized spacial score (nSPS) is 12.7. The lowest BCUT2D eigenvalue weighted by Gasteiger charge is -2.25. The summed E-state index contributed by atoms with van der Waals surface area (Å²) in [7, 11) is -3.51. The van der Waals surface area contributed by atoms with Gasteiger partial charge in [-0.05, 0) is 48.9 Å². The average molecular weight is 472 g/mol. The number of thioether (sulfide) groups is 1. The zero-order valence-electron chi connectivity index (χ0n) is 18.2. The molecule has 1 heterocycles. The lowest BCUT2D eigenvalue weighted by atomic mass is 10.0. The smallest absolute Gasteiger partial charge is 0.206 e. The van der Waals surface area contributed by atoms with Crippen LogP contribution >= 0.6 is 11.8 Å². The van der Waals surface area contributed by atoms with Crippen molar-refractivity contribution in [2.75, 3.05) is 11.4 Å². The molecule has 0 amide bonds. The number of anilines is 1. The van der Waals surface area contributed by atoms with Crippen LogP contribution in [0.2, 0.25) is 0 Å². The highest BCUT2D eigenvalue weighted by Gasteiger charge is 2.21. The highest BCUT2D eigenvalue weighted by molar-refractivity contribution is 8.15. The van der Waals surface area contributed by atoms with Gasteiger partial charge in [-0.2, -0.15) is 0 Å². The number of nitrogens with zero attached hydrogens (tertiary/aromatic N) is 2. The Morgan fingerprint density at radius 1 is 0.879 bits per heavy atom. The Labute approximate surface area is 198 Å². The molecule has 0 aliphatic carbocycles. The van der Waals surface area contributed by atoms with Gasteiger partial charge in [0.15, 0.2) is 0 Å². The molecule has 0 saturated carbocycles. The molecular formula is C27H23N2O2S2. The first-order chi connectivity index (χ1) is 16.0. The predicted octanol–water partition coefficient (Wildman–Crippen LogP) is 6.62. The molecule has 1 aliphatic heterocycles. The Morgan fingerprint density at radius 3 is 2.30 bits per heavy atom. The SMILES string of the molecule is [CH2]SC1=Nc2ccc(N(CC)Cc3ccc(S(=O)(=O)c4ccccc4)cc3)c3cccc1c23. The lowest BCUT2D eigenvalue weighted by molar-refractivity contribution is 0.596. The molecule has 4 aromatic rings. The molecule has 5 rings (SSSR count). The minimum atomic E-state index is -3.51. The van der Waals surface area contributed by atoms with E-state index in [1.54, 1.807) is 36.4 Å². The largest absolute Gasteiger partial charge is 0.367 e. The van der Waals surface area contributed by atoms with E-state index in [9.17, 15) is 8.42 Å². The van der Waals surface area contributed by atoms with Gasteiger partial charge in [-0.15, -0.1) is 11.8 Å². The molecule has 0 aromatic heterocycles. The van der Waals surface area contributed by atoms with Crippen LogP contribution in [0.15, 0.2) is 99.7 Å². The molecular weight excluding hydrogens is 448 g/mol. The number of benzene rings is 4. The van der Waals surface area contributed by atoms with Gasteiger partial charge in [0.1, 0.15) is 5.04 Å². The molecule has 0 spiro atoms. The van der Waals surface area contributed by atoms with Crippen molar-refractivity contribution in [2.24, 2.45) is 4.99 Å². The fourth-order valence-electron chi connectivity index (χ4n) is 4.30. The number of sulfone groups is 1. The Morgan fingerprint density at radius 2 is 1.61 bits per heavy atom. The summed E-state index contributed by atoms with van der Waals surface area (Å²) in [6.45, 7) is 3.63. The van der Waals surface area contributed by atoms with E-state index in [1.807, 2.05) is 18.2 Å². The fourth-order valence-corrected chi connectivity index (χ4v) is 6.07. The van der Waals surface area contributed by atoms with Gasteiger partial charge in [-0.1, -0.05) is 48.5 Å². The summed E-state index contributed by atoms with van der Waals surface area (Å²) in [6, 6.07) is 26.2. The zero-order valence-corrected chi connectivity index (χ0v) is 19.9. The number of hydrogen-bond acceptors (Lipinski definition) is 5. The molecule has 0 fully saturated rings. The highest BCUT2D eigenvalue weighted by Crippen LogP contribution is 2.42. The quantitative estimate of drug-likeness (QED) is 0.317. The maximum atomic E-state index is 12.9. The van der Waals surface area contributed by atoms with Crippen molar-refractivity contribution in [1.82, 2.24) is 0 Å². The molecule has 0 N–H and O–H groups in total. The topological polar surface area (TPSA) is 49.7 Å². The second-order valence-corrected chi connectivity index (χ2v) is 10.5. The van der Waals surface area contributed by atoms with Crippen LogP contribution in [0, 0.1) is 6.26 Å². The van der Waals surface area contributed by atoms with Crippen molar-refractivity contribution in [3.63, 3.8) is 0 Å². The van der Waals surface area contributed by atoms with Gasteiger partial charge in [-0.25, -0.2) is 13.4 Å². The summed E-state index contributed by atoms with van der Waals surface area (Å²) in [6.07, 6.45) is 3.94. The average Bonchev–Trinajstić information content (AvgIpc) is 3.23. The van der Waals surface area contributed by atoms with Crippen molar-refractivity contribution in [1.29, 1.82) is 0 Å². The van der Waals surface area contributed by atoms with E-state index in [-0.39, 0.29) is 0 Å². The van der Waals surface area contributed by atoms with Crippen molar-refractivity contribution >= 4 is 48.8 Å². The van der Waals surface area contributed by atoms with Crippen LogP contribution in [0.5, 0.6) is 0 Å². The van der Waals surface area contributed by atoms with E-state index in [2.05, 4.69) is 48.4 Å². The van der Waals surface area contributed by atoms with E-state index >= 15 is 0 Å². The molecule has 165 valence electrons. The summed E-state index contributed by atoms with van der Waals surface area (Å²) < 4.78 is 25.8. The third-order valence-corrected chi connectivity index (χ3v) is 8.34. The zero-order chi connectivity index (χ0) is 23.0. The molecule has 0 saturated heterocycles. The van der Waals surface area contributed by atoms with E-state index in [4.69, 9.17) is 4.99 Å². The van der Waals surface area contributed by atoms with Gasteiger partial charge in [0.25, 0.3) is 0 Å². The van der Waals surface area contributed by atoms with Crippen LogP contribution in [0.3, 0.4) is 0 Å². The summed E-state index contributed by atoms with van der Waals surface area (Å²) in [5.74, 6) is 0. The third kappa shape index (κ3) is 3.83. The molecule has 33 heavy (non-hydrogen) atoms. The number of aliphatic imine (C=N–C) groups is 1. The van der Waals surface area contributed by atoms with Crippen molar-refractivity contribution in [2.45, 2.75) is 23.3 Å². The van der Waals surface area contributed by atoms with Crippen LogP contribution in [-0.4, -0.2) is 20.0 Å². The molecule has 0 bridgehead atoms. The van der Waals surface area contributed by atoms with E-state index < -0.39 is 9.84 Å². The van der Waals surface area contributed by atoms with Crippen LogP contribution in [0.25, 0.3) is 10.8 Å². The van der Waals surface area contributed by atoms with Crippen molar-refractivity contribution in [3.05, 3.63) is 102 Å². The van der Waals surface area contributed by atoms with E-state index in [0.29, 0.717) is 16.3 Å². The molecule has 0 unspecified atom stereocenters. The van der Waals surface area contributed by atoms with Crippen LogP contribution in [0.1, 0.15) is 18.1 Å². The minimum Gasteiger partial charge on any atom is -0.367 e. The van der Waals surface area contributed by atoms with Crippen LogP contribution in [0.4, 0.5) is 11.4 Å². The summed E-state index contributed by atoms with van der Waals surface area (Å²) in [5.41, 5.74) is 4.32. The summed E-state index contributed by atoms with van der Waals surface area (Å²) >= 11 is 1.42. The fraction of sp³-hybridized carbons (Fsp3) is 0.111. The van der Waals surface area contributed by atoms with Gasteiger partial charge in [0, 0.05) is 41.4 Å². The first-order valence-corrected chi connectivity index (χ1v) is 13.2. The summed E-state index contributed by atoms with van der Waals surface area (Å²) in [5, 5.41) is 3.29. The van der Waals surface area contributed by atoms with Gasteiger partial charge in [-0.3, -0.25) is 0 Å². The molecule has 1 aliphatic rings. The second-order valence-electron chi connectivity index (χ2n) is 7.87. The molecule has 4 nitrogen and oxygen atoms in total. The van der Waals surface area contributed by atoms with E-state index in [0.717, 1.165) is 34.1 Å². The third-order valence-electron chi connectivity index (χ3n) is 5.97. The first kappa shape index (κ1) is 21.7. The maximum absolute atomic E-state index is 12.9. The van der Waals surface area contributed by atoms with Crippen LogP contribution < -0.4 is 4.90 Å². The van der Waals surface area contributed by atoms with Gasteiger partial charge in [0.05, 0.1) is 15.5 Å². The number of rotatable bonds is 6. The van der Waals surface area contributed by atoms with Gasteiger partial charge in [0.2, 0.25) is 9.84 Å². The second kappa shape index (κ2) is 8.69. The first-order valence-electron chi connectivity index (χ1n) is 10.7.